The van der Waals surface area contributed by atoms with Gasteiger partial charge in [-0.3, -0.25) is 4.98 Å². The van der Waals surface area contributed by atoms with E-state index >= 15 is 0 Å². The largest absolute Gasteiger partial charge is 0.495 e. The Morgan fingerprint density at radius 2 is 2.08 bits per heavy atom. The average molecular weight is 350 g/mol. The summed E-state index contributed by atoms with van der Waals surface area (Å²) in [6.45, 7) is 6.24. The lowest BCUT2D eigenvalue weighted by Crippen LogP contribution is -2.26. The van der Waals surface area contributed by atoms with E-state index in [1.807, 2.05) is 19.2 Å². The van der Waals surface area contributed by atoms with Crippen LogP contribution >= 0.6 is 0 Å². The Hall–Kier alpha value is -2.56. The number of benzene rings is 1. The number of aliphatic hydroxyl groups is 1. The highest BCUT2D eigenvalue weighted by atomic mass is 16.3. The van der Waals surface area contributed by atoms with E-state index in [2.05, 4.69) is 46.9 Å². The monoisotopic (exact) mass is 350 g/mol. The first-order valence-corrected chi connectivity index (χ1v) is 9.46. The van der Waals surface area contributed by atoms with Gasteiger partial charge in [0.05, 0.1) is 17.2 Å². The molecule has 3 aromatic rings. The first-order valence-electron chi connectivity index (χ1n) is 9.46. The van der Waals surface area contributed by atoms with Crippen molar-refractivity contribution in [3.63, 3.8) is 0 Å². The molecule has 2 atom stereocenters. The molecule has 136 valence electrons. The lowest BCUT2D eigenvalue weighted by atomic mass is 10.1. The zero-order valence-corrected chi connectivity index (χ0v) is 15.6. The predicted molar refractivity (Wildman–Crippen MR) is 105 cm³/mol. The van der Waals surface area contributed by atoms with Gasteiger partial charge in [-0.2, -0.15) is 0 Å². The van der Waals surface area contributed by atoms with Gasteiger partial charge in [0.15, 0.2) is 5.88 Å². The minimum atomic E-state index is 0.268. The molecule has 26 heavy (non-hydrogen) atoms. The summed E-state index contributed by atoms with van der Waals surface area (Å²) in [7, 11) is 0. The van der Waals surface area contributed by atoms with Gasteiger partial charge in [0, 0.05) is 23.4 Å². The molecule has 2 heterocycles. The maximum atomic E-state index is 9.81. The van der Waals surface area contributed by atoms with Crippen molar-refractivity contribution in [2.45, 2.75) is 58.0 Å². The fraction of sp³-hybridized carbons (Fsp3) is 0.429. The molecule has 0 radical (unpaired) electrons. The summed E-state index contributed by atoms with van der Waals surface area (Å²) in [5, 5.41) is 14.2. The van der Waals surface area contributed by atoms with Crippen LogP contribution in [0.2, 0.25) is 0 Å². The molecule has 1 aliphatic carbocycles. The molecule has 0 aliphatic heterocycles. The fourth-order valence-electron chi connectivity index (χ4n) is 4.14. The van der Waals surface area contributed by atoms with Crippen LogP contribution in [0.15, 0.2) is 42.4 Å². The number of aromatic nitrogens is 3. The number of fused-ring (bicyclic) bond motifs is 3. The number of hydrogen-bond acceptors (Lipinski definition) is 4. The number of allylic oxidation sites excluding steroid dienone is 1. The smallest absolute Gasteiger partial charge is 0.179 e. The first kappa shape index (κ1) is 16.9. The van der Waals surface area contributed by atoms with Gasteiger partial charge in [-0.05, 0) is 38.3 Å². The molecule has 5 nitrogen and oxygen atoms in total. The molecule has 2 aromatic heterocycles. The lowest BCUT2D eigenvalue weighted by molar-refractivity contribution is 0.335. The highest BCUT2D eigenvalue weighted by Crippen LogP contribution is 2.38. The Morgan fingerprint density at radius 3 is 2.85 bits per heavy atom. The van der Waals surface area contributed by atoms with E-state index < -0.39 is 0 Å². The second kappa shape index (κ2) is 6.63. The SMILES string of the molecule is C/C=C(\O)N[C@@H]1CC[C@@H](n2c(C(C)C)nc3cnc4ccccc4c32)C1. The van der Waals surface area contributed by atoms with E-state index in [0.717, 1.165) is 41.5 Å². The molecule has 1 aromatic carbocycles. The zero-order valence-electron chi connectivity index (χ0n) is 15.6. The quantitative estimate of drug-likeness (QED) is 0.663. The third-order valence-corrected chi connectivity index (χ3v) is 5.36. The molecule has 0 bridgehead atoms. The third kappa shape index (κ3) is 2.81. The fourth-order valence-corrected chi connectivity index (χ4v) is 4.14. The predicted octanol–water partition coefficient (Wildman–Crippen LogP) is 4.81. The van der Waals surface area contributed by atoms with Gasteiger partial charge in [-0.15, -0.1) is 0 Å². The highest BCUT2D eigenvalue weighted by molar-refractivity contribution is 6.02. The Labute approximate surface area is 153 Å². The maximum Gasteiger partial charge on any atom is 0.179 e. The number of aliphatic hydroxyl groups excluding tert-OH is 1. The summed E-state index contributed by atoms with van der Waals surface area (Å²) in [6, 6.07) is 8.97. The maximum absolute atomic E-state index is 9.81. The number of imidazole rings is 1. The minimum Gasteiger partial charge on any atom is -0.495 e. The van der Waals surface area contributed by atoms with Crippen molar-refractivity contribution >= 4 is 21.9 Å². The van der Waals surface area contributed by atoms with Crippen LogP contribution in [0.3, 0.4) is 0 Å². The van der Waals surface area contributed by atoms with Crippen LogP contribution in [0.1, 0.15) is 57.8 Å². The lowest BCUT2D eigenvalue weighted by Gasteiger charge is -2.20. The Balaban J connectivity index is 1.83. The number of nitrogens with one attached hydrogen (secondary N) is 1. The van der Waals surface area contributed by atoms with Gasteiger partial charge in [0.1, 0.15) is 11.3 Å². The zero-order chi connectivity index (χ0) is 18.3. The van der Waals surface area contributed by atoms with Crippen LogP contribution in [0, 0.1) is 0 Å². The van der Waals surface area contributed by atoms with Crippen LogP contribution in [-0.2, 0) is 0 Å². The van der Waals surface area contributed by atoms with E-state index in [4.69, 9.17) is 4.98 Å². The van der Waals surface area contributed by atoms with Gasteiger partial charge >= 0.3 is 0 Å². The van der Waals surface area contributed by atoms with Gasteiger partial charge in [0.2, 0.25) is 0 Å². The average Bonchev–Trinajstić information content (AvgIpc) is 3.25. The molecule has 0 saturated heterocycles. The Morgan fingerprint density at radius 1 is 1.27 bits per heavy atom. The van der Waals surface area contributed by atoms with E-state index in [1.54, 1.807) is 6.08 Å². The van der Waals surface area contributed by atoms with Crippen LogP contribution in [0.5, 0.6) is 0 Å². The van der Waals surface area contributed by atoms with E-state index in [1.165, 1.54) is 5.52 Å². The van der Waals surface area contributed by atoms with Crippen LogP contribution in [-0.4, -0.2) is 25.7 Å². The van der Waals surface area contributed by atoms with E-state index in [0.29, 0.717) is 18.0 Å². The van der Waals surface area contributed by atoms with Crippen molar-refractivity contribution < 1.29 is 5.11 Å². The molecule has 0 unspecified atom stereocenters. The van der Waals surface area contributed by atoms with Gasteiger partial charge in [-0.1, -0.05) is 32.0 Å². The molecule has 0 spiro atoms. The number of para-hydroxylation sites is 1. The van der Waals surface area contributed by atoms with Crippen molar-refractivity contribution in [1.82, 2.24) is 19.9 Å². The van der Waals surface area contributed by atoms with Gasteiger partial charge in [0.25, 0.3) is 0 Å². The summed E-state index contributed by atoms with van der Waals surface area (Å²) in [5.41, 5.74) is 3.18. The normalized spacial score (nSPS) is 21.2. The molecule has 1 fully saturated rings. The molecular weight excluding hydrogens is 324 g/mol. The summed E-state index contributed by atoms with van der Waals surface area (Å²) >= 11 is 0. The van der Waals surface area contributed by atoms with Gasteiger partial charge < -0.3 is 15.0 Å². The number of nitrogens with zero attached hydrogens (tertiary/aromatic N) is 3. The summed E-state index contributed by atoms with van der Waals surface area (Å²) < 4.78 is 2.44. The van der Waals surface area contributed by atoms with Crippen molar-refractivity contribution in [3.05, 3.63) is 48.2 Å². The summed E-state index contributed by atoms with van der Waals surface area (Å²) in [6.07, 6.45) is 6.72. The number of rotatable bonds is 4. The molecule has 1 aliphatic rings. The molecule has 5 heteroatoms. The molecular formula is C21H26N4O. The summed E-state index contributed by atoms with van der Waals surface area (Å²) in [5.74, 6) is 1.74. The standard InChI is InChI=1S/C21H26N4O/c1-4-19(26)23-14-9-10-15(11-14)25-20-16-7-5-6-8-17(16)22-12-18(20)24-21(25)13(2)3/h4-8,12-15,23,26H,9-11H2,1-3H3/b19-4-/t14-,15-/m1/s1. The van der Waals surface area contributed by atoms with Crippen molar-refractivity contribution in [2.75, 3.05) is 0 Å². The van der Waals surface area contributed by atoms with Crippen LogP contribution in [0.25, 0.3) is 21.9 Å². The van der Waals surface area contributed by atoms with Crippen molar-refractivity contribution in [3.8, 4) is 0 Å². The summed E-state index contributed by atoms with van der Waals surface area (Å²) in [4.78, 5) is 9.51. The second-order valence-electron chi connectivity index (χ2n) is 7.49. The van der Waals surface area contributed by atoms with Crippen LogP contribution < -0.4 is 5.32 Å². The molecule has 0 amide bonds. The Kier molecular flexibility index (Phi) is 4.31. The first-order chi connectivity index (χ1) is 12.6. The highest BCUT2D eigenvalue weighted by Gasteiger charge is 2.30. The van der Waals surface area contributed by atoms with Crippen LogP contribution in [0.4, 0.5) is 0 Å². The molecule has 2 N–H and O–H groups in total. The van der Waals surface area contributed by atoms with E-state index in [9.17, 15) is 5.11 Å². The topological polar surface area (TPSA) is 63.0 Å². The second-order valence-corrected chi connectivity index (χ2v) is 7.49. The van der Waals surface area contributed by atoms with Crippen molar-refractivity contribution in [2.24, 2.45) is 0 Å². The third-order valence-electron chi connectivity index (χ3n) is 5.36. The number of pyridine rings is 1. The van der Waals surface area contributed by atoms with Crippen molar-refractivity contribution in [1.29, 1.82) is 0 Å². The minimum absolute atomic E-state index is 0.268. The number of hydrogen-bond donors (Lipinski definition) is 2. The molecule has 1 saturated carbocycles. The Bertz CT molecular complexity index is 973. The molecule has 4 rings (SSSR count). The van der Waals surface area contributed by atoms with E-state index in [-0.39, 0.29) is 5.88 Å². The van der Waals surface area contributed by atoms with Gasteiger partial charge in [-0.25, -0.2) is 4.98 Å².